The van der Waals surface area contributed by atoms with E-state index in [0.29, 0.717) is 0 Å². The van der Waals surface area contributed by atoms with E-state index in [4.69, 9.17) is 9.47 Å². The number of fused-ring (bicyclic) bond motifs is 10. The highest BCUT2D eigenvalue weighted by molar-refractivity contribution is 6.98. The van der Waals surface area contributed by atoms with Crippen LogP contribution in [0.1, 0.15) is 128 Å². The molecule has 0 bridgehead atoms. The van der Waals surface area contributed by atoms with Crippen LogP contribution in [0.15, 0.2) is 84.9 Å². The summed E-state index contributed by atoms with van der Waals surface area (Å²) in [4.78, 5) is 2.44. The molecule has 3 nitrogen and oxygen atoms in total. The van der Waals surface area contributed by atoms with Crippen molar-refractivity contribution in [2.24, 2.45) is 0 Å². The van der Waals surface area contributed by atoms with Crippen molar-refractivity contribution in [1.29, 1.82) is 0 Å². The quantitative estimate of drug-likeness (QED) is 0.159. The van der Waals surface area contributed by atoms with Crippen molar-refractivity contribution in [3.8, 4) is 23.0 Å². The van der Waals surface area contributed by atoms with Gasteiger partial charge in [0.1, 0.15) is 23.0 Å². The molecule has 2 aliphatic carbocycles. The number of hydrogen-bond acceptors (Lipinski definition) is 3. The molecule has 0 fully saturated rings. The van der Waals surface area contributed by atoms with Gasteiger partial charge in [0.2, 0.25) is 0 Å². The third-order valence-electron chi connectivity index (χ3n) is 14.3. The van der Waals surface area contributed by atoms with Gasteiger partial charge in [0.05, 0.1) is 17.1 Å². The third kappa shape index (κ3) is 4.41. The summed E-state index contributed by atoms with van der Waals surface area (Å²) in [6, 6.07) is 32.1. The summed E-state index contributed by atoms with van der Waals surface area (Å²) >= 11 is 0. The minimum atomic E-state index is -0.142. The molecule has 10 rings (SSSR count). The zero-order valence-electron chi connectivity index (χ0n) is 33.3. The predicted octanol–water partition coefficient (Wildman–Crippen LogP) is 11.2. The molecule has 5 aromatic rings. The van der Waals surface area contributed by atoms with Gasteiger partial charge < -0.3 is 14.4 Å². The van der Waals surface area contributed by atoms with Gasteiger partial charge in [0.15, 0.2) is 0 Å². The summed E-state index contributed by atoms with van der Waals surface area (Å²) < 4.78 is 14.8. The van der Waals surface area contributed by atoms with Crippen LogP contribution < -0.4 is 30.8 Å². The van der Waals surface area contributed by atoms with Crippen molar-refractivity contribution in [2.75, 3.05) is 4.90 Å². The Morgan fingerprint density at radius 3 is 1.36 bits per heavy atom. The van der Waals surface area contributed by atoms with Crippen molar-refractivity contribution in [2.45, 2.75) is 122 Å². The first-order valence-corrected chi connectivity index (χ1v) is 19.9. The molecule has 0 aromatic heterocycles. The van der Waals surface area contributed by atoms with E-state index >= 15 is 0 Å². The lowest BCUT2D eigenvalue weighted by molar-refractivity contribution is 0.318. The molecule has 3 aliphatic heterocycles. The molecule has 5 aliphatic rings. The summed E-state index contributed by atoms with van der Waals surface area (Å²) in [6.07, 6.45) is 4.59. The Hall–Kier alpha value is -4.44. The van der Waals surface area contributed by atoms with E-state index in [1.165, 1.54) is 55.7 Å². The largest absolute Gasteiger partial charge is 0.458 e. The molecule has 0 amide bonds. The first-order chi connectivity index (χ1) is 25.0. The summed E-state index contributed by atoms with van der Waals surface area (Å²) in [5.41, 5.74) is 15.4. The molecule has 0 N–H and O–H groups in total. The lowest BCUT2D eigenvalue weighted by atomic mass is 9.34. The summed E-state index contributed by atoms with van der Waals surface area (Å²) in [7, 11) is 0. The van der Waals surface area contributed by atoms with Crippen LogP contribution in [0.25, 0.3) is 0 Å². The van der Waals surface area contributed by atoms with Crippen LogP contribution in [0.4, 0.5) is 17.1 Å². The van der Waals surface area contributed by atoms with E-state index < -0.39 is 0 Å². The monoisotopic (exact) mass is 697 g/mol. The molecule has 4 heteroatoms. The van der Waals surface area contributed by atoms with Crippen LogP contribution in [0.3, 0.4) is 0 Å². The fourth-order valence-electron chi connectivity index (χ4n) is 10.9. The van der Waals surface area contributed by atoms with Crippen LogP contribution >= 0.6 is 0 Å². The van der Waals surface area contributed by atoms with Gasteiger partial charge in [-0.2, -0.15) is 0 Å². The molecule has 0 radical (unpaired) electrons. The normalized spacial score (nSPS) is 20.9. The van der Waals surface area contributed by atoms with Gasteiger partial charge >= 0.3 is 0 Å². The van der Waals surface area contributed by atoms with E-state index in [2.05, 4.69) is 159 Å². The molecule has 0 unspecified atom stereocenters. The van der Waals surface area contributed by atoms with Gasteiger partial charge in [-0.05, 0) is 92.7 Å². The Kier molecular flexibility index (Phi) is 6.51. The predicted molar refractivity (Wildman–Crippen MR) is 222 cm³/mol. The number of hydrogen-bond donors (Lipinski definition) is 0. The molecule has 0 spiro atoms. The van der Waals surface area contributed by atoms with Gasteiger partial charge in [-0.25, -0.2) is 0 Å². The maximum Gasteiger partial charge on any atom is 0.260 e. The fraction of sp³-hybridized carbons (Fsp3) is 0.388. The summed E-state index contributed by atoms with van der Waals surface area (Å²) in [6.45, 7) is 24.0. The van der Waals surface area contributed by atoms with Gasteiger partial charge in [-0.1, -0.05) is 130 Å². The number of rotatable bonds is 1. The van der Waals surface area contributed by atoms with E-state index in [1.807, 2.05) is 0 Å². The zero-order valence-corrected chi connectivity index (χ0v) is 33.3. The topological polar surface area (TPSA) is 21.7 Å². The van der Waals surface area contributed by atoms with Gasteiger partial charge in [-0.15, -0.1) is 0 Å². The van der Waals surface area contributed by atoms with Gasteiger partial charge in [0.25, 0.3) is 6.71 Å². The molecular formula is C49H52BNO2. The average Bonchev–Trinajstić information content (AvgIpc) is 3.11. The Labute approximate surface area is 316 Å². The Morgan fingerprint density at radius 2 is 0.906 bits per heavy atom. The second-order valence-corrected chi connectivity index (χ2v) is 19.8. The van der Waals surface area contributed by atoms with Crippen LogP contribution in [0.5, 0.6) is 23.0 Å². The molecule has 268 valence electrons. The van der Waals surface area contributed by atoms with E-state index in [0.717, 1.165) is 59.8 Å². The van der Waals surface area contributed by atoms with Crippen molar-refractivity contribution in [1.82, 2.24) is 0 Å². The minimum absolute atomic E-state index is 0.0127. The molecule has 0 saturated carbocycles. The fourth-order valence-corrected chi connectivity index (χ4v) is 10.9. The number of benzene rings is 5. The highest BCUT2D eigenvalue weighted by Crippen LogP contribution is 2.56. The number of anilines is 3. The Morgan fingerprint density at radius 1 is 0.491 bits per heavy atom. The first kappa shape index (κ1) is 33.2. The lowest BCUT2D eigenvalue weighted by Gasteiger charge is -2.46. The van der Waals surface area contributed by atoms with E-state index in [-0.39, 0.29) is 33.8 Å². The lowest BCUT2D eigenvalue weighted by Crippen LogP contribution is -2.59. The third-order valence-corrected chi connectivity index (χ3v) is 14.3. The highest BCUT2D eigenvalue weighted by Gasteiger charge is 2.49. The van der Waals surface area contributed by atoms with Crippen molar-refractivity contribution in [3.05, 3.63) is 118 Å². The van der Waals surface area contributed by atoms with E-state index in [1.54, 1.807) is 0 Å². The van der Waals surface area contributed by atoms with Gasteiger partial charge in [0, 0.05) is 34.1 Å². The second kappa shape index (κ2) is 10.4. The summed E-state index contributed by atoms with van der Waals surface area (Å²) in [5, 5.41) is 0. The molecule has 53 heavy (non-hydrogen) atoms. The molecule has 0 saturated heterocycles. The SMILES string of the molecule is CC1(C)CCC(C)(C)c2c1ccc1c2Oc2cc(N3c4ccccc4C(C)(C)c4ccccc43)cc3c2B1c1ccc2c(c1O3)C(C)(C)CCC2(C)C. The first-order valence-electron chi connectivity index (χ1n) is 19.9. The van der Waals surface area contributed by atoms with Crippen LogP contribution in [0, 0.1) is 0 Å². The maximum absolute atomic E-state index is 7.40. The van der Waals surface area contributed by atoms with Crippen LogP contribution in [-0.4, -0.2) is 6.71 Å². The minimum Gasteiger partial charge on any atom is -0.458 e. The average molecular weight is 698 g/mol. The Balaban J connectivity index is 1.28. The molecular weight excluding hydrogens is 645 g/mol. The highest BCUT2D eigenvalue weighted by atomic mass is 16.5. The number of para-hydroxylation sites is 2. The van der Waals surface area contributed by atoms with Crippen molar-refractivity contribution >= 4 is 40.2 Å². The summed E-state index contributed by atoms with van der Waals surface area (Å²) in [5.74, 6) is 3.94. The van der Waals surface area contributed by atoms with E-state index in [9.17, 15) is 0 Å². The molecule has 3 heterocycles. The smallest absolute Gasteiger partial charge is 0.260 e. The Bertz CT molecular complexity index is 2250. The van der Waals surface area contributed by atoms with Crippen molar-refractivity contribution < 1.29 is 9.47 Å². The number of ether oxygens (including phenoxy) is 2. The van der Waals surface area contributed by atoms with Gasteiger partial charge in [-0.3, -0.25) is 0 Å². The zero-order chi connectivity index (χ0) is 37.0. The van der Waals surface area contributed by atoms with Crippen molar-refractivity contribution in [3.63, 3.8) is 0 Å². The van der Waals surface area contributed by atoms with Crippen LogP contribution in [0.2, 0.25) is 0 Å². The molecule has 5 aromatic carbocycles. The standard InChI is InChI=1S/C49H52BNO2/c1-45(2)23-25-47(5,6)40-32(45)19-21-34-43(40)52-38-27-29(51-36-17-13-11-15-30(36)49(9,10)31-16-12-14-18-37(31)51)28-39-42(38)50(34)35-22-20-33-41(44(35)53-39)48(7,8)26-24-46(33,3)4/h11-22,27-28H,23-26H2,1-10H3. The second-order valence-electron chi connectivity index (χ2n) is 19.8. The maximum atomic E-state index is 7.40. The molecule has 0 atom stereocenters. The number of nitrogens with zero attached hydrogens (tertiary/aromatic N) is 1. The van der Waals surface area contributed by atoms with Crippen LogP contribution in [-0.2, 0) is 27.1 Å².